The number of pyridine rings is 2. The molecule has 0 spiro atoms. The Morgan fingerprint density at radius 1 is 1.05 bits per heavy atom. The van der Waals surface area contributed by atoms with Gasteiger partial charge in [-0.2, -0.15) is 0 Å². The van der Waals surface area contributed by atoms with Crippen molar-refractivity contribution in [2.24, 2.45) is 0 Å². The number of hydrogen-bond acceptors (Lipinski definition) is 3. The minimum atomic E-state index is -0.197. The van der Waals surface area contributed by atoms with Crippen molar-refractivity contribution in [3.05, 3.63) is 72.7 Å². The summed E-state index contributed by atoms with van der Waals surface area (Å²) in [6.45, 7) is 0. The maximum absolute atomic E-state index is 12.0. The molecule has 3 rings (SSSR count). The number of aromatic nitrogens is 2. The first-order chi connectivity index (χ1) is 10.3. The van der Waals surface area contributed by atoms with Crippen LogP contribution < -0.4 is 5.32 Å². The summed E-state index contributed by atoms with van der Waals surface area (Å²) in [5.74, 6) is -0.197. The topological polar surface area (TPSA) is 54.9 Å². The van der Waals surface area contributed by atoms with Crippen LogP contribution in [0.2, 0.25) is 0 Å². The molecule has 4 nitrogen and oxygen atoms in total. The largest absolute Gasteiger partial charge is 0.321 e. The van der Waals surface area contributed by atoms with Crippen molar-refractivity contribution >= 4 is 28.6 Å². The molecule has 0 aliphatic carbocycles. The molecule has 0 saturated carbocycles. The second-order valence-corrected chi connectivity index (χ2v) is 4.49. The highest BCUT2D eigenvalue weighted by atomic mass is 16.1. The molecule has 0 unspecified atom stereocenters. The average molecular weight is 275 g/mol. The Balaban J connectivity index is 1.79. The van der Waals surface area contributed by atoms with Crippen molar-refractivity contribution in [1.29, 1.82) is 0 Å². The summed E-state index contributed by atoms with van der Waals surface area (Å²) in [5.41, 5.74) is 2.36. The Morgan fingerprint density at radius 2 is 1.90 bits per heavy atom. The number of hydrogen-bond donors (Lipinski definition) is 1. The third kappa shape index (κ3) is 3.12. The highest BCUT2D eigenvalue weighted by molar-refractivity contribution is 6.06. The number of rotatable bonds is 3. The number of carbonyl (C=O) groups is 1. The van der Waals surface area contributed by atoms with Crippen molar-refractivity contribution in [2.45, 2.75) is 0 Å². The number of amides is 1. The molecule has 1 amide bonds. The van der Waals surface area contributed by atoms with Gasteiger partial charge in [-0.05, 0) is 29.8 Å². The van der Waals surface area contributed by atoms with Crippen LogP contribution in [0.1, 0.15) is 5.56 Å². The van der Waals surface area contributed by atoms with Crippen molar-refractivity contribution in [3.8, 4) is 0 Å². The molecule has 0 aliphatic rings. The lowest BCUT2D eigenvalue weighted by molar-refractivity contribution is -0.111. The number of anilines is 1. The van der Waals surface area contributed by atoms with E-state index in [0.29, 0.717) is 5.69 Å². The van der Waals surface area contributed by atoms with Gasteiger partial charge < -0.3 is 5.32 Å². The molecular weight excluding hydrogens is 262 g/mol. The summed E-state index contributed by atoms with van der Waals surface area (Å²) in [5, 5.41) is 3.84. The van der Waals surface area contributed by atoms with Gasteiger partial charge in [-0.3, -0.25) is 14.8 Å². The molecule has 0 fully saturated rings. The highest BCUT2D eigenvalue weighted by Crippen LogP contribution is 2.20. The molecule has 0 saturated heterocycles. The maximum Gasteiger partial charge on any atom is 0.248 e. The van der Waals surface area contributed by atoms with E-state index in [1.54, 1.807) is 24.7 Å². The third-order valence-electron chi connectivity index (χ3n) is 3.00. The van der Waals surface area contributed by atoms with Crippen LogP contribution in [0.25, 0.3) is 17.0 Å². The van der Waals surface area contributed by atoms with Crippen molar-refractivity contribution in [2.75, 3.05) is 5.32 Å². The van der Waals surface area contributed by atoms with Crippen LogP contribution in [-0.4, -0.2) is 15.9 Å². The summed E-state index contributed by atoms with van der Waals surface area (Å²) in [4.78, 5) is 20.3. The first-order valence-corrected chi connectivity index (χ1v) is 6.56. The molecule has 2 aromatic heterocycles. The number of nitrogens with one attached hydrogen (secondary N) is 1. The first kappa shape index (κ1) is 13.0. The summed E-state index contributed by atoms with van der Waals surface area (Å²) >= 11 is 0. The van der Waals surface area contributed by atoms with Gasteiger partial charge in [0.1, 0.15) is 0 Å². The zero-order valence-electron chi connectivity index (χ0n) is 11.2. The smallest absolute Gasteiger partial charge is 0.248 e. The molecule has 21 heavy (non-hydrogen) atoms. The molecule has 0 radical (unpaired) electrons. The van der Waals surface area contributed by atoms with Gasteiger partial charge in [0.05, 0.1) is 11.2 Å². The molecule has 1 N–H and O–H groups in total. The van der Waals surface area contributed by atoms with Gasteiger partial charge >= 0.3 is 0 Å². The Bertz CT molecular complexity index is 792. The fraction of sp³-hybridized carbons (Fsp3) is 0. The van der Waals surface area contributed by atoms with E-state index in [1.807, 2.05) is 42.5 Å². The fourth-order valence-corrected chi connectivity index (χ4v) is 2.03. The maximum atomic E-state index is 12.0. The van der Waals surface area contributed by atoms with E-state index in [1.165, 1.54) is 6.08 Å². The van der Waals surface area contributed by atoms with E-state index in [0.717, 1.165) is 16.5 Å². The highest BCUT2D eigenvalue weighted by Gasteiger charge is 2.03. The van der Waals surface area contributed by atoms with Crippen LogP contribution in [0, 0.1) is 0 Å². The van der Waals surface area contributed by atoms with Crippen LogP contribution in [0.4, 0.5) is 5.69 Å². The normalized spacial score (nSPS) is 10.9. The second kappa shape index (κ2) is 5.96. The summed E-state index contributed by atoms with van der Waals surface area (Å²) < 4.78 is 0. The van der Waals surface area contributed by atoms with Crippen LogP contribution >= 0.6 is 0 Å². The van der Waals surface area contributed by atoms with E-state index in [-0.39, 0.29) is 5.91 Å². The fourth-order valence-electron chi connectivity index (χ4n) is 2.03. The van der Waals surface area contributed by atoms with Gasteiger partial charge in [-0.1, -0.05) is 24.3 Å². The number of benzene rings is 1. The minimum Gasteiger partial charge on any atom is -0.321 e. The van der Waals surface area contributed by atoms with Crippen molar-refractivity contribution < 1.29 is 4.79 Å². The first-order valence-electron chi connectivity index (χ1n) is 6.56. The monoisotopic (exact) mass is 275 g/mol. The molecule has 1 aromatic carbocycles. The molecule has 2 heterocycles. The van der Waals surface area contributed by atoms with E-state index >= 15 is 0 Å². The Kier molecular flexibility index (Phi) is 3.69. The van der Waals surface area contributed by atoms with Gasteiger partial charge in [0, 0.05) is 30.1 Å². The van der Waals surface area contributed by atoms with E-state index in [2.05, 4.69) is 15.3 Å². The van der Waals surface area contributed by atoms with Crippen LogP contribution in [0.15, 0.2) is 67.1 Å². The molecule has 0 atom stereocenters. The lowest BCUT2D eigenvalue weighted by atomic mass is 10.2. The summed E-state index contributed by atoms with van der Waals surface area (Å²) in [6, 6.07) is 13.2. The number of fused-ring (bicyclic) bond motifs is 1. The van der Waals surface area contributed by atoms with Crippen molar-refractivity contribution in [1.82, 2.24) is 9.97 Å². The van der Waals surface area contributed by atoms with Gasteiger partial charge in [0.2, 0.25) is 5.91 Å². The van der Waals surface area contributed by atoms with Gasteiger partial charge in [0.25, 0.3) is 0 Å². The Labute approximate surface area is 122 Å². The molecule has 0 bridgehead atoms. The average Bonchev–Trinajstić information content (AvgIpc) is 2.54. The predicted molar refractivity (Wildman–Crippen MR) is 83.6 cm³/mol. The van der Waals surface area contributed by atoms with Gasteiger partial charge in [-0.25, -0.2) is 0 Å². The number of nitrogens with zero attached hydrogens (tertiary/aromatic N) is 2. The summed E-state index contributed by atoms with van der Waals surface area (Å²) in [7, 11) is 0. The number of carbonyl (C=O) groups excluding carboxylic acids is 1. The standard InChI is InChI=1S/C17H13N3O/c21-16(9-8-13-4-2-10-18-12-13)20-15-7-1-5-14-6-3-11-19-17(14)15/h1-12H,(H,20,21)/b9-8+. The zero-order valence-corrected chi connectivity index (χ0v) is 11.2. The molecule has 4 heteroatoms. The van der Waals surface area contributed by atoms with Gasteiger partial charge in [-0.15, -0.1) is 0 Å². The molecule has 102 valence electrons. The quantitative estimate of drug-likeness (QED) is 0.746. The second-order valence-electron chi connectivity index (χ2n) is 4.49. The van der Waals surface area contributed by atoms with E-state index in [9.17, 15) is 4.79 Å². The summed E-state index contributed by atoms with van der Waals surface area (Å²) in [6.07, 6.45) is 8.31. The van der Waals surface area contributed by atoms with Gasteiger partial charge in [0.15, 0.2) is 0 Å². The third-order valence-corrected chi connectivity index (χ3v) is 3.00. The zero-order chi connectivity index (χ0) is 14.5. The molecule has 3 aromatic rings. The minimum absolute atomic E-state index is 0.197. The van der Waals surface area contributed by atoms with E-state index < -0.39 is 0 Å². The van der Waals surface area contributed by atoms with Crippen LogP contribution in [0.5, 0.6) is 0 Å². The predicted octanol–water partition coefficient (Wildman–Crippen LogP) is 3.28. The van der Waals surface area contributed by atoms with Crippen LogP contribution in [-0.2, 0) is 4.79 Å². The molecule has 0 aliphatic heterocycles. The van der Waals surface area contributed by atoms with E-state index in [4.69, 9.17) is 0 Å². The lowest BCUT2D eigenvalue weighted by Gasteiger charge is -2.05. The molecular formula is C17H13N3O. The number of para-hydroxylation sites is 1. The lowest BCUT2D eigenvalue weighted by Crippen LogP contribution is -2.08. The Morgan fingerprint density at radius 3 is 2.76 bits per heavy atom. The van der Waals surface area contributed by atoms with Crippen LogP contribution in [0.3, 0.4) is 0 Å². The van der Waals surface area contributed by atoms with Crippen molar-refractivity contribution in [3.63, 3.8) is 0 Å². The Hall–Kier alpha value is -3.01. The SMILES string of the molecule is O=C(/C=C/c1cccnc1)Nc1cccc2cccnc12.